The molecule has 1 aliphatic heterocycles. The topological polar surface area (TPSA) is 84.7 Å². The van der Waals surface area contributed by atoms with E-state index in [1.54, 1.807) is 12.0 Å². The highest BCUT2D eigenvalue weighted by atomic mass is 19.4. The normalized spacial score (nSPS) is 15.6. The molecule has 0 saturated carbocycles. The summed E-state index contributed by atoms with van der Waals surface area (Å²) in [5.74, 6) is 0.482. The Bertz CT molecular complexity index is 1000. The van der Waals surface area contributed by atoms with Gasteiger partial charge in [-0.1, -0.05) is 12.1 Å². The second-order valence-electron chi connectivity index (χ2n) is 8.52. The fourth-order valence-corrected chi connectivity index (χ4v) is 4.10. The van der Waals surface area contributed by atoms with Crippen LogP contribution in [0.15, 0.2) is 42.5 Å². The van der Waals surface area contributed by atoms with Crippen LogP contribution in [0.25, 0.3) is 0 Å². The minimum Gasteiger partial charge on any atom is -0.497 e. The van der Waals surface area contributed by atoms with Crippen molar-refractivity contribution < 1.29 is 27.6 Å². The van der Waals surface area contributed by atoms with Gasteiger partial charge in [-0.3, -0.25) is 14.9 Å². The maximum absolute atomic E-state index is 12.9. The van der Waals surface area contributed by atoms with Crippen molar-refractivity contribution in [3.8, 4) is 5.75 Å². The highest BCUT2D eigenvalue weighted by Crippen LogP contribution is 2.37. The number of halogens is 3. The van der Waals surface area contributed by atoms with Crippen LogP contribution in [-0.2, 0) is 17.4 Å². The van der Waals surface area contributed by atoms with Crippen LogP contribution >= 0.6 is 0 Å². The molecule has 3 rings (SSSR count). The minimum absolute atomic E-state index is 0.0244. The quantitative estimate of drug-likeness (QED) is 0.427. The van der Waals surface area contributed by atoms with E-state index in [4.69, 9.17) is 4.74 Å². The molecule has 0 radical (unpaired) electrons. The molecule has 2 aromatic carbocycles. The number of alkyl halides is 3. The van der Waals surface area contributed by atoms with Crippen molar-refractivity contribution in [2.45, 2.75) is 44.8 Å². The summed E-state index contributed by atoms with van der Waals surface area (Å²) in [6.45, 7) is 2.65. The monoisotopic (exact) mass is 479 g/mol. The number of nitro groups is 1. The molecule has 1 unspecified atom stereocenters. The van der Waals surface area contributed by atoms with Crippen LogP contribution in [0.5, 0.6) is 5.75 Å². The first-order valence-corrected chi connectivity index (χ1v) is 11.1. The minimum atomic E-state index is -4.65. The largest absolute Gasteiger partial charge is 0.497 e. The molecular formula is C24H28F3N3O4. The number of hydrogen-bond acceptors (Lipinski definition) is 5. The van der Waals surface area contributed by atoms with Crippen molar-refractivity contribution in [2.75, 3.05) is 25.1 Å². The van der Waals surface area contributed by atoms with Gasteiger partial charge in [0.2, 0.25) is 5.91 Å². The lowest BCUT2D eigenvalue weighted by molar-refractivity contribution is -0.384. The first-order valence-electron chi connectivity index (χ1n) is 11.1. The van der Waals surface area contributed by atoms with Gasteiger partial charge in [0.05, 0.1) is 17.6 Å². The number of rotatable bonds is 8. The van der Waals surface area contributed by atoms with Crippen LogP contribution in [0.3, 0.4) is 0 Å². The Balaban J connectivity index is 1.53. The zero-order valence-corrected chi connectivity index (χ0v) is 19.1. The van der Waals surface area contributed by atoms with Crippen molar-refractivity contribution in [2.24, 2.45) is 5.92 Å². The van der Waals surface area contributed by atoms with Crippen molar-refractivity contribution in [1.29, 1.82) is 0 Å². The zero-order chi connectivity index (χ0) is 24.9. The highest BCUT2D eigenvalue weighted by Gasteiger charge is 2.35. The maximum Gasteiger partial charge on any atom is 0.416 e. The molecule has 10 heteroatoms. The second kappa shape index (κ2) is 10.8. The van der Waals surface area contributed by atoms with Gasteiger partial charge in [0.25, 0.3) is 5.69 Å². The number of amides is 1. The van der Waals surface area contributed by atoms with E-state index in [0.717, 1.165) is 36.3 Å². The van der Waals surface area contributed by atoms with E-state index < -0.39 is 22.4 Å². The van der Waals surface area contributed by atoms with Crippen LogP contribution < -0.4 is 15.0 Å². The van der Waals surface area contributed by atoms with Crippen LogP contribution in [0, 0.1) is 16.0 Å². The number of piperidine rings is 1. The number of hydrogen-bond donors (Lipinski definition) is 1. The van der Waals surface area contributed by atoms with Crippen LogP contribution in [0.1, 0.15) is 37.3 Å². The van der Waals surface area contributed by atoms with Crippen molar-refractivity contribution in [3.05, 3.63) is 63.7 Å². The third-order valence-corrected chi connectivity index (χ3v) is 6.12. The Morgan fingerprint density at radius 3 is 2.41 bits per heavy atom. The number of aryl methyl sites for hydroxylation is 1. The van der Waals surface area contributed by atoms with Gasteiger partial charge in [0.1, 0.15) is 11.4 Å². The first-order chi connectivity index (χ1) is 16.1. The van der Waals surface area contributed by atoms with E-state index in [0.29, 0.717) is 32.0 Å². The number of carbonyl (C=O) groups is 1. The van der Waals surface area contributed by atoms with Gasteiger partial charge < -0.3 is 15.0 Å². The number of ether oxygens (including phenoxy) is 1. The molecule has 0 aromatic heterocycles. The Kier molecular flexibility index (Phi) is 8.01. The third kappa shape index (κ3) is 6.39. The average Bonchev–Trinajstić information content (AvgIpc) is 2.82. The summed E-state index contributed by atoms with van der Waals surface area (Å²) < 4.78 is 44.0. The van der Waals surface area contributed by atoms with Gasteiger partial charge in [-0.15, -0.1) is 0 Å². The molecule has 0 spiro atoms. The lowest BCUT2D eigenvalue weighted by atomic mass is 9.94. The number of anilines is 1. The smallest absolute Gasteiger partial charge is 0.416 e. The molecule has 1 heterocycles. The Morgan fingerprint density at radius 1 is 1.21 bits per heavy atom. The maximum atomic E-state index is 12.9. The molecule has 1 fully saturated rings. The summed E-state index contributed by atoms with van der Waals surface area (Å²) in [5, 5.41) is 14.4. The van der Waals surface area contributed by atoms with E-state index in [1.165, 1.54) is 0 Å². The summed E-state index contributed by atoms with van der Waals surface area (Å²) in [5.41, 5.74) is -0.344. The third-order valence-electron chi connectivity index (χ3n) is 6.12. The number of carbonyl (C=O) groups excluding carboxylic acids is 1. The zero-order valence-electron chi connectivity index (χ0n) is 19.1. The number of nitro benzene ring substituents is 1. The molecule has 0 bridgehead atoms. The average molecular weight is 479 g/mol. The van der Waals surface area contributed by atoms with E-state index in [9.17, 15) is 28.1 Å². The Labute approximate surface area is 196 Å². The van der Waals surface area contributed by atoms with E-state index >= 15 is 0 Å². The van der Waals surface area contributed by atoms with Gasteiger partial charge in [-0.2, -0.15) is 13.2 Å². The molecular weight excluding hydrogens is 451 g/mol. The van der Waals surface area contributed by atoms with Gasteiger partial charge >= 0.3 is 6.18 Å². The SMILES string of the molecule is COc1ccc(CCC(C)NC(=O)C2CCN(c3ccc(C(F)(F)F)cc3[N+](=O)[O-])CC2)cc1. The van der Waals surface area contributed by atoms with Gasteiger partial charge in [0.15, 0.2) is 0 Å². The highest BCUT2D eigenvalue weighted by molar-refractivity contribution is 5.79. The van der Waals surface area contributed by atoms with Crippen molar-refractivity contribution >= 4 is 17.3 Å². The van der Waals surface area contributed by atoms with Crippen LogP contribution in [-0.4, -0.2) is 37.1 Å². The van der Waals surface area contributed by atoms with Crippen LogP contribution in [0.4, 0.5) is 24.5 Å². The molecule has 34 heavy (non-hydrogen) atoms. The summed E-state index contributed by atoms with van der Waals surface area (Å²) in [6, 6.07) is 10.3. The molecule has 1 N–H and O–H groups in total. The molecule has 184 valence electrons. The molecule has 1 atom stereocenters. The number of nitrogens with zero attached hydrogens (tertiary/aromatic N) is 2. The molecule has 1 saturated heterocycles. The van der Waals surface area contributed by atoms with E-state index in [1.807, 2.05) is 31.2 Å². The van der Waals surface area contributed by atoms with Crippen molar-refractivity contribution in [3.63, 3.8) is 0 Å². The van der Waals surface area contributed by atoms with E-state index in [2.05, 4.69) is 5.32 Å². The Hall–Kier alpha value is -3.30. The molecule has 2 aromatic rings. The summed E-state index contributed by atoms with van der Waals surface area (Å²) >= 11 is 0. The van der Waals surface area contributed by atoms with Gasteiger partial charge in [-0.25, -0.2) is 0 Å². The van der Waals surface area contributed by atoms with Gasteiger partial charge in [0, 0.05) is 31.1 Å². The predicted octanol–water partition coefficient (Wildman–Crippen LogP) is 4.98. The molecule has 0 aliphatic carbocycles. The fourth-order valence-electron chi connectivity index (χ4n) is 4.10. The fraction of sp³-hybridized carbons (Fsp3) is 0.458. The summed E-state index contributed by atoms with van der Waals surface area (Å²) in [4.78, 5) is 25.0. The Morgan fingerprint density at radius 2 is 1.85 bits per heavy atom. The lowest BCUT2D eigenvalue weighted by Gasteiger charge is -2.33. The first kappa shape index (κ1) is 25.3. The second-order valence-corrected chi connectivity index (χ2v) is 8.52. The predicted molar refractivity (Wildman–Crippen MR) is 122 cm³/mol. The summed E-state index contributed by atoms with van der Waals surface area (Å²) in [6.07, 6.45) is -2.14. The number of methoxy groups -OCH3 is 1. The summed E-state index contributed by atoms with van der Waals surface area (Å²) in [7, 11) is 1.61. The molecule has 7 nitrogen and oxygen atoms in total. The molecule has 1 aliphatic rings. The van der Waals surface area contributed by atoms with Crippen molar-refractivity contribution in [1.82, 2.24) is 5.32 Å². The standard InChI is InChI=1S/C24H28F3N3O4/c1-16(3-4-17-5-8-20(34-2)9-6-17)28-23(31)18-11-13-29(14-12-18)21-10-7-19(24(25,26)27)15-22(21)30(32)33/h5-10,15-16,18H,3-4,11-14H2,1-2H3,(H,28,31). The van der Waals surface area contributed by atoms with E-state index in [-0.39, 0.29) is 23.6 Å². The van der Waals surface area contributed by atoms with Crippen LogP contribution in [0.2, 0.25) is 0 Å². The van der Waals surface area contributed by atoms with Gasteiger partial charge in [-0.05, 0) is 62.4 Å². The lowest BCUT2D eigenvalue weighted by Crippen LogP contribution is -2.43. The number of nitrogens with one attached hydrogen (secondary N) is 1. The molecule has 1 amide bonds. The number of benzene rings is 2.